The zero-order valence-electron chi connectivity index (χ0n) is 22.2. The topological polar surface area (TPSA) is 119 Å². The van der Waals surface area contributed by atoms with Crippen molar-refractivity contribution in [3.8, 4) is 5.75 Å². The number of aromatic nitrogens is 4. The second-order valence-electron chi connectivity index (χ2n) is 8.66. The van der Waals surface area contributed by atoms with Gasteiger partial charge in [-0.05, 0) is 60.2 Å². The summed E-state index contributed by atoms with van der Waals surface area (Å²) in [5.41, 5.74) is 2.53. The number of rotatable bonds is 12. The molecule has 0 saturated heterocycles. The highest BCUT2D eigenvalue weighted by Gasteiger charge is 2.31. The van der Waals surface area contributed by atoms with Crippen LogP contribution in [0.3, 0.4) is 0 Å². The molecule has 3 aromatic heterocycles. The van der Waals surface area contributed by atoms with Crippen LogP contribution >= 0.6 is 11.3 Å². The number of carbonyl (C=O) groups is 2. The maximum atomic E-state index is 12.3. The SMILES string of the molecule is CNc1ccc(CCCCc2nnc(NC(=O)Cc3cccc(OC(F)(F)F)c3)s2)cn1.O=CCc1cccnc1. The van der Waals surface area contributed by atoms with Crippen LogP contribution in [0.2, 0.25) is 0 Å². The third-order valence-electron chi connectivity index (χ3n) is 5.44. The third kappa shape index (κ3) is 12.1. The molecule has 13 heteroatoms. The first kappa shape index (κ1) is 31.1. The Morgan fingerprint density at radius 2 is 1.80 bits per heavy atom. The summed E-state index contributed by atoms with van der Waals surface area (Å²) in [6.07, 6.45) is 5.23. The van der Waals surface area contributed by atoms with Crippen LogP contribution in [0.4, 0.5) is 24.1 Å². The maximum Gasteiger partial charge on any atom is 0.573 e. The molecule has 3 heterocycles. The number of amides is 1. The van der Waals surface area contributed by atoms with Crippen molar-refractivity contribution in [1.82, 2.24) is 20.2 Å². The van der Waals surface area contributed by atoms with Crippen molar-refractivity contribution in [2.45, 2.75) is 44.9 Å². The molecule has 4 rings (SSSR count). The zero-order chi connectivity index (χ0) is 29.5. The van der Waals surface area contributed by atoms with E-state index in [0.29, 0.717) is 17.1 Å². The average molecular weight is 587 g/mol. The Morgan fingerprint density at radius 1 is 1.00 bits per heavy atom. The Labute approximate surface area is 239 Å². The Morgan fingerprint density at radius 3 is 2.49 bits per heavy atom. The van der Waals surface area contributed by atoms with Crippen LogP contribution in [-0.2, 0) is 35.3 Å². The van der Waals surface area contributed by atoms with E-state index in [0.717, 1.165) is 48.4 Å². The number of nitrogens with zero attached hydrogens (tertiary/aromatic N) is 4. The molecule has 1 aromatic carbocycles. The average Bonchev–Trinajstić information content (AvgIpc) is 3.38. The van der Waals surface area contributed by atoms with Gasteiger partial charge in [-0.2, -0.15) is 0 Å². The minimum atomic E-state index is -4.78. The molecule has 0 aliphatic carbocycles. The predicted molar refractivity (Wildman–Crippen MR) is 150 cm³/mol. The molecule has 0 aliphatic rings. The Bertz CT molecular complexity index is 1370. The summed E-state index contributed by atoms with van der Waals surface area (Å²) in [5.74, 6) is 0.0728. The standard InChI is InChI=1S/C21H22F3N5O2S.C7H7NO/c1-25-17-10-9-14(13-26-17)5-2-3-8-19-28-29-20(32-19)27-18(30)12-15-6-4-7-16(11-15)31-21(22,23)24;9-5-3-7-2-1-4-8-6-7/h4,6-7,9-11,13H,2-3,5,8,12H2,1H3,(H,25,26)(H,27,29,30);1-2,4-6H,3H2. The smallest absolute Gasteiger partial charge is 0.406 e. The molecule has 0 saturated carbocycles. The van der Waals surface area contributed by atoms with Gasteiger partial charge in [0, 0.05) is 38.5 Å². The van der Waals surface area contributed by atoms with E-state index in [-0.39, 0.29) is 12.2 Å². The van der Waals surface area contributed by atoms with Gasteiger partial charge in [0.1, 0.15) is 22.9 Å². The summed E-state index contributed by atoms with van der Waals surface area (Å²) < 4.78 is 40.9. The van der Waals surface area contributed by atoms with Crippen LogP contribution in [0.5, 0.6) is 5.75 Å². The van der Waals surface area contributed by atoms with Crippen molar-refractivity contribution in [1.29, 1.82) is 0 Å². The van der Waals surface area contributed by atoms with E-state index < -0.39 is 12.3 Å². The molecule has 0 fully saturated rings. The monoisotopic (exact) mass is 586 g/mol. The van der Waals surface area contributed by atoms with Crippen molar-refractivity contribution in [2.75, 3.05) is 17.7 Å². The van der Waals surface area contributed by atoms with Gasteiger partial charge in [0.05, 0.1) is 6.42 Å². The molecule has 1 amide bonds. The normalized spacial score (nSPS) is 10.7. The van der Waals surface area contributed by atoms with Gasteiger partial charge in [-0.3, -0.25) is 9.78 Å². The number of aldehydes is 1. The summed E-state index contributed by atoms with van der Waals surface area (Å²) in [7, 11) is 1.83. The summed E-state index contributed by atoms with van der Waals surface area (Å²) >= 11 is 1.29. The van der Waals surface area contributed by atoms with E-state index in [2.05, 4.69) is 35.5 Å². The van der Waals surface area contributed by atoms with Gasteiger partial charge in [0.2, 0.25) is 11.0 Å². The Balaban J connectivity index is 0.000000436. The first-order valence-corrected chi connectivity index (χ1v) is 13.5. The summed E-state index contributed by atoms with van der Waals surface area (Å²) in [4.78, 5) is 30.3. The number of anilines is 2. The fourth-order valence-electron chi connectivity index (χ4n) is 3.55. The third-order valence-corrected chi connectivity index (χ3v) is 6.34. The lowest BCUT2D eigenvalue weighted by atomic mass is 10.1. The zero-order valence-corrected chi connectivity index (χ0v) is 23.0. The first-order valence-electron chi connectivity index (χ1n) is 12.7. The van der Waals surface area contributed by atoms with Crippen molar-refractivity contribution in [3.63, 3.8) is 0 Å². The number of halogens is 3. The van der Waals surface area contributed by atoms with Gasteiger partial charge in [-0.15, -0.1) is 23.4 Å². The highest BCUT2D eigenvalue weighted by molar-refractivity contribution is 7.15. The van der Waals surface area contributed by atoms with Gasteiger partial charge in [0.25, 0.3) is 0 Å². The molecule has 0 radical (unpaired) electrons. The molecule has 216 valence electrons. The number of nitrogens with one attached hydrogen (secondary N) is 2. The van der Waals surface area contributed by atoms with Crippen LogP contribution in [0.15, 0.2) is 67.1 Å². The second kappa shape index (κ2) is 16.0. The quantitative estimate of drug-likeness (QED) is 0.166. The number of hydrogen-bond acceptors (Lipinski definition) is 9. The number of carbonyl (C=O) groups excluding carboxylic acids is 2. The molecule has 41 heavy (non-hydrogen) atoms. The number of unbranched alkanes of at least 4 members (excludes halogenated alkanes) is 1. The van der Waals surface area contributed by atoms with Gasteiger partial charge in [-0.25, -0.2) is 4.98 Å². The van der Waals surface area contributed by atoms with Crippen molar-refractivity contribution in [3.05, 3.63) is 88.8 Å². The number of alkyl halides is 3. The lowest BCUT2D eigenvalue weighted by molar-refractivity contribution is -0.274. The highest BCUT2D eigenvalue weighted by Crippen LogP contribution is 2.24. The van der Waals surface area contributed by atoms with Gasteiger partial charge < -0.3 is 20.2 Å². The minimum Gasteiger partial charge on any atom is -0.406 e. The van der Waals surface area contributed by atoms with Crippen LogP contribution in [-0.4, -0.2) is 45.8 Å². The van der Waals surface area contributed by atoms with Crippen molar-refractivity contribution >= 4 is 34.5 Å². The van der Waals surface area contributed by atoms with Crippen molar-refractivity contribution in [2.24, 2.45) is 0 Å². The fourth-order valence-corrected chi connectivity index (χ4v) is 4.35. The Kier molecular flexibility index (Phi) is 12.2. The molecule has 9 nitrogen and oxygen atoms in total. The summed E-state index contributed by atoms with van der Waals surface area (Å²) in [6.45, 7) is 0. The largest absolute Gasteiger partial charge is 0.573 e. The van der Waals surface area contributed by atoms with Gasteiger partial charge in [-0.1, -0.05) is 35.6 Å². The molecular weight excluding hydrogens is 557 g/mol. The molecule has 4 aromatic rings. The van der Waals surface area contributed by atoms with Crippen LogP contribution in [0.25, 0.3) is 0 Å². The molecule has 2 N–H and O–H groups in total. The number of benzene rings is 1. The van der Waals surface area contributed by atoms with E-state index in [1.54, 1.807) is 18.5 Å². The second-order valence-corrected chi connectivity index (χ2v) is 9.72. The number of pyridine rings is 2. The van der Waals surface area contributed by atoms with E-state index >= 15 is 0 Å². The molecule has 0 bridgehead atoms. The van der Waals surface area contributed by atoms with E-state index in [1.807, 2.05) is 37.5 Å². The van der Waals surface area contributed by atoms with E-state index in [1.165, 1.54) is 35.1 Å². The molecule has 0 unspecified atom stereocenters. The van der Waals surface area contributed by atoms with E-state index in [4.69, 9.17) is 0 Å². The molecule has 0 spiro atoms. The van der Waals surface area contributed by atoms with Crippen LogP contribution in [0.1, 0.15) is 34.5 Å². The molecule has 0 atom stereocenters. The fraction of sp³-hybridized carbons (Fsp3) is 0.286. The summed E-state index contributed by atoms with van der Waals surface area (Å²) in [6, 6.07) is 13.0. The maximum absolute atomic E-state index is 12.3. The molecular formula is C28H29F3N6O3S. The highest BCUT2D eigenvalue weighted by atomic mass is 32.1. The number of ether oxygens (including phenoxy) is 1. The minimum absolute atomic E-state index is 0.107. The van der Waals surface area contributed by atoms with Crippen LogP contribution in [0, 0.1) is 0 Å². The first-order chi connectivity index (χ1) is 19.7. The van der Waals surface area contributed by atoms with Gasteiger partial charge in [0.15, 0.2) is 0 Å². The van der Waals surface area contributed by atoms with Crippen LogP contribution < -0.4 is 15.4 Å². The van der Waals surface area contributed by atoms with Gasteiger partial charge >= 0.3 is 6.36 Å². The summed E-state index contributed by atoms with van der Waals surface area (Å²) in [5, 5.41) is 14.8. The molecule has 0 aliphatic heterocycles. The van der Waals surface area contributed by atoms with E-state index in [9.17, 15) is 22.8 Å². The van der Waals surface area contributed by atoms with Crippen molar-refractivity contribution < 1.29 is 27.5 Å². The number of hydrogen-bond donors (Lipinski definition) is 2. The lowest BCUT2D eigenvalue weighted by Crippen LogP contribution is -2.17. The predicted octanol–water partition coefficient (Wildman–Crippen LogP) is 5.44. The Hall–Kier alpha value is -4.39. The number of aryl methyl sites for hydroxylation is 2. The lowest BCUT2D eigenvalue weighted by Gasteiger charge is -2.09.